The molecular formula is C27H30N2O3. The van der Waals surface area contributed by atoms with E-state index in [2.05, 4.69) is 29.2 Å². The van der Waals surface area contributed by atoms with E-state index in [9.17, 15) is 0 Å². The van der Waals surface area contributed by atoms with Gasteiger partial charge in [-0.15, -0.1) is 0 Å². The van der Waals surface area contributed by atoms with Crippen LogP contribution in [0.2, 0.25) is 0 Å². The van der Waals surface area contributed by atoms with Crippen LogP contribution in [0, 0.1) is 0 Å². The summed E-state index contributed by atoms with van der Waals surface area (Å²) in [6.07, 6.45) is 3.24. The first-order valence-electron chi connectivity index (χ1n) is 11.2. The normalized spacial score (nSPS) is 12.3. The highest BCUT2D eigenvalue weighted by atomic mass is 16.5. The number of benzene rings is 3. The number of oxazole rings is 1. The maximum Gasteiger partial charge on any atom is 0.227 e. The number of hydrogen-bond acceptors (Lipinski definition) is 5. The highest BCUT2D eigenvalue weighted by molar-refractivity contribution is 5.75. The van der Waals surface area contributed by atoms with Crippen LogP contribution < -0.4 is 5.73 Å². The summed E-state index contributed by atoms with van der Waals surface area (Å²) >= 11 is 0. The van der Waals surface area contributed by atoms with E-state index >= 15 is 0 Å². The van der Waals surface area contributed by atoms with E-state index in [4.69, 9.17) is 19.6 Å². The molecule has 1 heterocycles. The molecule has 166 valence electrons. The summed E-state index contributed by atoms with van der Waals surface area (Å²) in [4.78, 5) is 4.53. The van der Waals surface area contributed by atoms with E-state index in [1.54, 1.807) is 0 Å². The van der Waals surface area contributed by atoms with Gasteiger partial charge < -0.3 is 19.6 Å². The largest absolute Gasteiger partial charge is 0.436 e. The Morgan fingerprint density at radius 2 is 1.53 bits per heavy atom. The van der Waals surface area contributed by atoms with Gasteiger partial charge in [0.05, 0.1) is 25.9 Å². The van der Waals surface area contributed by atoms with Crippen LogP contribution >= 0.6 is 0 Å². The zero-order valence-corrected chi connectivity index (χ0v) is 18.3. The van der Waals surface area contributed by atoms with Crippen molar-refractivity contribution in [2.24, 2.45) is 5.73 Å². The molecule has 0 saturated carbocycles. The molecule has 3 aromatic carbocycles. The number of nitrogens with zero attached hydrogens (tertiary/aromatic N) is 1. The van der Waals surface area contributed by atoms with Crippen molar-refractivity contribution in [1.82, 2.24) is 4.98 Å². The number of nitrogens with two attached hydrogens (primary N) is 1. The quantitative estimate of drug-likeness (QED) is 0.306. The summed E-state index contributed by atoms with van der Waals surface area (Å²) in [5.74, 6) is 0.626. The standard InChI is InChI=1S/C27H30N2O3/c28-24(19-30-17-7-6-10-21-8-2-1-3-9-21)20-31-18-22-13-15-23(16-14-22)27-29-25-11-4-5-12-26(25)32-27/h1-5,8-9,11-16,24H,6-7,10,17-20,28H2. The highest BCUT2D eigenvalue weighted by Crippen LogP contribution is 2.24. The SMILES string of the molecule is NC(COCCCCc1ccccc1)COCc1ccc(-c2nc3ccccc3o2)cc1. The summed E-state index contributed by atoms with van der Waals surface area (Å²) in [5.41, 5.74) is 11.2. The second kappa shape index (κ2) is 11.6. The molecule has 2 N–H and O–H groups in total. The highest BCUT2D eigenvalue weighted by Gasteiger charge is 2.08. The fourth-order valence-corrected chi connectivity index (χ4v) is 3.53. The Kier molecular flexibility index (Phi) is 8.04. The molecule has 0 spiro atoms. The number of unbranched alkanes of at least 4 members (excludes halogenated alkanes) is 1. The average molecular weight is 431 g/mol. The van der Waals surface area contributed by atoms with Gasteiger partial charge in [-0.1, -0.05) is 54.6 Å². The monoisotopic (exact) mass is 430 g/mol. The molecule has 0 fully saturated rings. The first-order chi connectivity index (χ1) is 15.8. The van der Waals surface area contributed by atoms with E-state index in [-0.39, 0.29) is 6.04 Å². The van der Waals surface area contributed by atoms with Crippen molar-refractivity contribution in [1.29, 1.82) is 0 Å². The Balaban J connectivity index is 1.11. The first kappa shape index (κ1) is 22.2. The van der Waals surface area contributed by atoms with Crippen molar-refractivity contribution in [2.75, 3.05) is 19.8 Å². The van der Waals surface area contributed by atoms with Crippen LogP contribution in [-0.2, 0) is 22.5 Å². The number of hydrogen-bond donors (Lipinski definition) is 1. The molecule has 0 amide bonds. The van der Waals surface area contributed by atoms with Crippen LogP contribution in [0.1, 0.15) is 24.0 Å². The van der Waals surface area contributed by atoms with Crippen molar-refractivity contribution in [3.05, 3.63) is 90.0 Å². The summed E-state index contributed by atoms with van der Waals surface area (Å²) in [6.45, 7) is 2.23. The lowest BCUT2D eigenvalue weighted by molar-refractivity contribution is 0.0595. The van der Waals surface area contributed by atoms with Crippen LogP contribution in [0.25, 0.3) is 22.6 Å². The Bertz CT molecular complexity index is 1040. The van der Waals surface area contributed by atoms with Gasteiger partial charge in [0, 0.05) is 12.2 Å². The predicted molar refractivity (Wildman–Crippen MR) is 127 cm³/mol. The minimum Gasteiger partial charge on any atom is -0.436 e. The zero-order valence-electron chi connectivity index (χ0n) is 18.3. The van der Waals surface area contributed by atoms with Crippen molar-refractivity contribution in [3.63, 3.8) is 0 Å². The van der Waals surface area contributed by atoms with Gasteiger partial charge in [-0.25, -0.2) is 4.98 Å². The van der Waals surface area contributed by atoms with E-state index in [1.165, 1.54) is 5.56 Å². The molecular weight excluding hydrogens is 400 g/mol. The zero-order chi connectivity index (χ0) is 22.0. The van der Waals surface area contributed by atoms with Crippen LogP contribution in [0.4, 0.5) is 0 Å². The third-order valence-corrected chi connectivity index (χ3v) is 5.27. The Hall–Kier alpha value is -2.99. The number of para-hydroxylation sites is 2. The molecule has 0 saturated heterocycles. The van der Waals surface area contributed by atoms with Crippen molar-refractivity contribution < 1.29 is 13.9 Å². The van der Waals surface area contributed by atoms with Gasteiger partial charge in [-0.2, -0.15) is 0 Å². The van der Waals surface area contributed by atoms with Gasteiger partial charge in [-0.3, -0.25) is 0 Å². The molecule has 1 unspecified atom stereocenters. The lowest BCUT2D eigenvalue weighted by Gasteiger charge is -2.13. The van der Waals surface area contributed by atoms with Gasteiger partial charge in [-0.05, 0) is 54.7 Å². The first-order valence-corrected chi connectivity index (χ1v) is 11.2. The van der Waals surface area contributed by atoms with Gasteiger partial charge >= 0.3 is 0 Å². The molecule has 4 aromatic rings. The average Bonchev–Trinajstić information content (AvgIpc) is 3.27. The van der Waals surface area contributed by atoms with E-state index < -0.39 is 0 Å². The Morgan fingerprint density at radius 1 is 0.781 bits per heavy atom. The second-order valence-electron chi connectivity index (χ2n) is 7.98. The van der Waals surface area contributed by atoms with E-state index in [1.807, 2.05) is 54.6 Å². The maximum atomic E-state index is 6.11. The molecule has 0 bridgehead atoms. The van der Waals surface area contributed by atoms with Crippen LogP contribution in [0.3, 0.4) is 0 Å². The van der Waals surface area contributed by atoms with Crippen molar-refractivity contribution >= 4 is 11.1 Å². The van der Waals surface area contributed by atoms with E-state index in [0.29, 0.717) is 25.7 Å². The van der Waals surface area contributed by atoms with Crippen molar-refractivity contribution in [2.45, 2.75) is 31.9 Å². The minimum absolute atomic E-state index is 0.122. The Morgan fingerprint density at radius 3 is 2.34 bits per heavy atom. The van der Waals surface area contributed by atoms with Crippen LogP contribution in [-0.4, -0.2) is 30.8 Å². The molecule has 32 heavy (non-hydrogen) atoms. The molecule has 0 aliphatic carbocycles. The third-order valence-electron chi connectivity index (χ3n) is 5.27. The molecule has 0 aliphatic rings. The number of aryl methyl sites for hydroxylation is 1. The molecule has 0 radical (unpaired) electrons. The smallest absolute Gasteiger partial charge is 0.227 e. The fourth-order valence-electron chi connectivity index (χ4n) is 3.53. The maximum absolute atomic E-state index is 6.11. The van der Waals surface area contributed by atoms with Crippen LogP contribution in [0.5, 0.6) is 0 Å². The lowest BCUT2D eigenvalue weighted by Crippen LogP contribution is -2.31. The number of rotatable bonds is 12. The summed E-state index contributed by atoms with van der Waals surface area (Å²) in [5, 5.41) is 0. The number of ether oxygens (including phenoxy) is 2. The molecule has 1 atom stereocenters. The van der Waals surface area contributed by atoms with Gasteiger partial charge in [0.2, 0.25) is 5.89 Å². The molecule has 4 rings (SSSR count). The Labute approximate surface area is 189 Å². The third kappa shape index (κ3) is 6.50. The van der Waals surface area contributed by atoms with Gasteiger partial charge in [0.15, 0.2) is 5.58 Å². The minimum atomic E-state index is -0.122. The molecule has 0 aliphatic heterocycles. The molecule has 5 nitrogen and oxygen atoms in total. The van der Waals surface area contributed by atoms with E-state index in [0.717, 1.165) is 48.1 Å². The lowest BCUT2D eigenvalue weighted by atomic mass is 10.1. The number of aromatic nitrogens is 1. The summed E-state index contributed by atoms with van der Waals surface area (Å²) < 4.78 is 17.3. The van der Waals surface area contributed by atoms with Crippen molar-refractivity contribution in [3.8, 4) is 11.5 Å². The summed E-state index contributed by atoms with van der Waals surface area (Å²) in [6, 6.07) is 26.2. The topological polar surface area (TPSA) is 70.5 Å². The molecule has 1 aromatic heterocycles. The molecule has 5 heteroatoms. The van der Waals surface area contributed by atoms with Crippen LogP contribution in [0.15, 0.2) is 83.3 Å². The van der Waals surface area contributed by atoms with Gasteiger partial charge in [0.1, 0.15) is 5.52 Å². The summed E-state index contributed by atoms with van der Waals surface area (Å²) in [7, 11) is 0. The van der Waals surface area contributed by atoms with Gasteiger partial charge in [0.25, 0.3) is 0 Å². The predicted octanol–water partition coefficient (Wildman–Crippen LogP) is 5.38. The number of fused-ring (bicyclic) bond motifs is 1. The second-order valence-corrected chi connectivity index (χ2v) is 7.98. The fraction of sp³-hybridized carbons (Fsp3) is 0.296.